The van der Waals surface area contributed by atoms with Crippen molar-refractivity contribution in [3.05, 3.63) is 38.9 Å². The number of benzene rings is 1. The number of hydrogen-bond acceptors (Lipinski definition) is 4. The Morgan fingerprint density at radius 2 is 1.85 bits per heavy atom. The number of pyridine rings is 1. The second-order valence-electron chi connectivity index (χ2n) is 10.0. The van der Waals surface area contributed by atoms with Crippen LogP contribution >= 0.6 is 11.6 Å². The Kier molecular flexibility index (Phi) is 6.65. The molecule has 1 aliphatic heterocycles. The number of aromatic carboxylic acids is 1. The van der Waals surface area contributed by atoms with Gasteiger partial charge in [0, 0.05) is 31.5 Å². The zero-order valence-corrected chi connectivity index (χ0v) is 20.1. The molecule has 34 heavy (non-hydrogen) atoms. The molecule has 1 atom stereocenters. The maximum Gasteiger partial charge on any atom is 0.341 e. The number of fused-ring (bicyclic) bond motifs is 1. The number of hydrogen-bond donors (Lipinski definition) is 1. The molecule has 0 unspecified atom stereocenters. The van der Waals surface area contributed by atoms with Crippen LogP contribution in [0, 0.1) is 11.7 Å². The number of carboxylic acid groups (broad SMARTS) is 1. The lowest BCUT2D eigenvalue weighted by Crippen LogP contribution is -2.32. The SMILES string of the molecule is O=C(O)c1cn(C2CC2)c2c(Cl)c(N3CCCC[C@@H](/N=C/C4CCCCC4)C3)c(F)cc2c1=O. The van der Waals surface area contributed by atoms with Crippen LogP contribution in [0.15, 0.2) is 22.1 Å². The van der Waals surface area contributed by atoms with E-state index in [-0.39, 0.29) is 28.1 Å². The van der Waals surface area contributed by atoms with Gasteiger partial charge in [-0.1, -0.05) is 30.9 Å². The van der Waals surface area contributed by atoms with E-state index in [2.05, 4.69) is 6.21 Å². The lowest BCUT2D eigenvalue weighted by Gasteiger charge is -2.28. The molecule has 2 saturated carbocycles. The smallest absolute Gasteiger partial charge is 0.341 e. The molecule has 0 amide bonds. The summed E-state index contributed by atoms with van der Waals surface area (Å²) < 4.78 is 17.3. The highest BCUT2D eigenvalue weighted by Gasteiger charge is 2.31. The van der Waals surface area contributed by atoms with Crippen LogP contribution in [-0.2, 0) is 0 Å². The first-order chi connectivity index (χ1) is 16.4. The van der Waals surface area contributed by atoms with Crippen molar-refractivity contribution in [1.82, 2.24) is 4.57 Å². The van der Waals surface area contributed by atoms with E-state index in [1.807, 2.05) is 4.90 Å². The van der Waals surface area contributed by atoms with Gasteiger partial charge in [0.1, 0.15) is 11.4 Å². The summed E-state index contributed by atoms with van der Waals surface area (Å²) in [6, 6.07) is 1.33. The van der Waals surface area contributed by atoms with Crippen molar-refractivity contribution in [2.24, 2.45) is 10.9 Å². The quantitative estimate of drug-likeness (QED) is 0.538. The van der Waals surface area contributed by atoms with Gasteiger partial charge in [-0.25, -0.2) is 9.18 Å². The van der Waals surface area contributed by atoms with E-state index in [4.69, 9.17) is 16.6 Å². The topological polar surface area (TPSA) is 74.9 Å². The first kappa shape index (κ1) is 23.3. The fraction of sp³-hybridized carbons (Fsp3) is 0.577. The Hall–Kier alpha value is -2.41. The molecule has 1 N–H and O–H groups in total. The number of carboxylic acids is 1. The van der Waals surface area contributed by atoms with Gasteiger partial charge in [-0.2, -0.15) is 0 Å². The predicted molar refractivity (Wildman–Crippen MR) is 133 cm³/mol. The fourth-order valence-electron chi connectivity index (χ4n) is 5.49. The van der Waals surface area contributed by atoms with Crippen molar-refractivity contribution >= 4 is 40.4 Å². The third-order valence-electron chi connectivity index (χ3n) is 7.47. The average Bonchev–Trinajstić information content (AvgIpc) is 3.67. The van der Waals surface area contributed by atoms with E-state index in [9.17, 15) is 14.7 Å². The minimum Gasteiger partial charge on any atom is -0.477 e. The number of rotatable bonds is 5. The highest BCUT2D eigenvalue weighted by atomic mass is 35.5. The number of halogens is 2. The molecule has 8 heteroatoms. The highest BCUT2D eigenvalue weighted by Crippen LogP contribution is 2.42. The van der Waals surface area contributed by atoms with Crippen LogP contribution in [0.1, 0.15) is 80.6 Å². The molecular formula is C26H31ClFN3O3. The Bertz CT molecular complexity index is 1180. The zero-order valence-electron chi connectivity index (χ0n) is 19.3. The van der Waals surface area contributed by atoms with Crippen LogP contribution in [0.5, 0.6) is 0 Å². The van der Waals surface area contributed by atoms with E-state index in [1.54, 1.807) is 4.57 Å². The molecule has 1 aromatic carbocycles. The number of aromatic nitrogens is 1. The summed E-state index contributed by atoms with van der Waals surface area (Å²) in [5, 5.41) is 9.71. The third kappa shape index (κ3) is 4.59. The molecule has 6 nitrogen and oxygen atoms in total. The van der Waals surface area contributed by atoms with Crippen LogP contribution in [0.3, 0.4) is 0 Å². The van der Waals surface area contributed by atoms with E-state index in [0.29, 0.717) is 30.2 Å². The number of anilines is 1. The molecule has 2 aromatic rings. The van der Waals surface area contributed by atoms with Gasteiger partial charge in [-0.05, 0) is 56.9 Å². The first-order valence-corrected chi connectivity index (χ1v) is 12.9. The van der Waals surface area contributed by atoms with Crippen molar-refractivity contribution in [3.8, 4) is 0 Å². The van der Waals surface area contributed by atoms with Crippen LogP contribution in [0.25, 0.3) is 10.9 Å². The van der Waals surface area contributed by atoms with Crippen molar-refractivity contribution in [3.63, 3.8) is 0 Å². The monoisotopic (exact) mass is 487 g/mol. The van der Waals surface area contributed by atoms with E-state index >= 15 is 4.39 Å². The summed E-state index contributed by atoms with van der Waals surface area (Å²) in [7, 11) is 0. The summed E-state index contributed by atoms with van der Waals surface area (Å²) in [6.45, 7) is 1.24. The van der Waals surface area contributed by atoms with Gasteiger partial charge in [-0.3, -0.25) is 9.79 Å². The van der Waals surface area contributed by atoms with Crippen LogP contribution in [0.2, 0.25) is 5.02 Å². The minimum atomic E-state index is -1.31. The van der Waals surface area contributed by atoms with Crippen molar-refractivity contribution in [2.75, 3.05) is 18.0 Å². The maximum absolute atomic E-state index is 15.5. The molecule has 0 bridgehead atoms. The van der Waals surface area contributed by atoms with Crippen LogP contribution in [0.4, 0.5) is 10.1 Å². The molecule has 0 radical (unpaired) electrons. The molecule has 1 saturated heterocycles. The molecule has 3 fully saturated rings. The van der Waals surface area contributed by atoms with E-state index < -0.39 is 17.2 Å². The number of aliphatic imine (C=N–C) groups is 1. The molecule has 3 aliphatic rings. The van der Waals surface area contributed by atoms with Gasteiger partial charge < -0.3 is 14.6 Å². The molecule has 182 valence electrons. The van der Waals surface area contributed by atoms with Gasteiger partial charge >= 0.3 is 5.97 Å². The summed E-state index contributed by atoms with van der Waals surface area (Å²) in [6.07, 6.45) is 14.4. The summed E-state index contributed by atoms with van der Waals surface area (Å²) in [5.74, 6) is -1.35. The van der Waals surface area contributed by atoms with E-state index in [1.165, 1.54) is 44.4 Å². The van der Waals surface area contributed by atoms with Gasteiger partial charge in [0.15, 0.2) is 0 Å². The molecule has 2 aliphatic carbocycles. The van der Waals surface area contributed by atoms with Crippen LogP contribution < -0.4 is 10.3 Å². The lowest BCUT2D eigenvalue weighted by molar-refractivity contribution is 0.0695. The van der Waals surface area contributed by atoms with Gasteiger partial charge in [0.05, 0.1) is 27.7 Å². The number of carbonyl (C=O) groups is 1. The normalized spacial score (nSPS) is 22.4. The molecule has 0 spiro atoms. The highest BCUT2D eigenvalue weighted by molar-refractivity contribution is 6.38. The van der Waals surface area contributed by atoms with Crippen LogP contribution in [-0.4, -0.2) is 41.0 Å². The lowest BCUT2D eigenvalue weighted by atomic mass is 9.90. The second kappa shape index (κ2) is 9.68. The first-order valence-electron chi connectivity index (χ1n) is 12.5. The molecule has 1 aromatic heterocycles. The number of nitrogens with zero attached hydrogens (tertiary/aromatic N) is 3. The van der Waals surface area contributed by atoms with Crippen molar-refractivity contribution in [2.45, 2.75) is 76.3 Å². The molecule has 5 rings (SSSR count). The Balaban J connectivity index is 1.53. The fourth-order valence-corrected chi connectivity index (χ4v) is 5.89. The third-order valence-corrected chi connectivity index (χ3v) is 7.83. The average molecular weight is 488 g/mol. The summed E-state index contributed by atoms with van der Waals surface area (Å²) >= 11 is 6.83. The zero-order chi connectivity index (χ0) is 23.8. The molecule has 2 heterocycles. The van der Waals surface area contributed by atoms with Gasteiger partial charge in [0.2, 0.25) is 5.43 Å². The van der Waals surface area contributed by atoms with E-state index in [0.717, 1.165) is 32.1 Å². The molecular weight excluding hydrogens is 457 g/mol. The minimum absolute atomic E-state index is 0.0275. The van der Waals surface area contributed by atoms with Gasteiger partial charge in [-0.15, -0.1) is 0 Å². The standard InChI is InChI=1S/C26H31ClFN3O3/c27-22-23-19(25(32)20(26(33)34)15-31(23)18-9-10-18)12-21(28)24(22)30-11-5-4-8-17(14-30)29-13-16-6-2-1-3-7-16/h12-13,15-18H,1-11,14H2,(H,33,34)/b29-13+/t17-/m1/s1. The second-order valence-corrected chi connectivity index (χ2v) is 10.4. The summed E-state index contributed by atoms with van der Waals surface area (Å²) in [4.78, 5) is 31.4. The Morgan fingerprint density at radius 3 is 2.56 bits per heavy atom. The van der Waals surface area contributed by atoms with Gasteiger partial charge in [0.25, 0.3) is 0 Å². The van der Waals surface area contributed by atoms with Crippen molar-refractivity contribution in [1.29, 1.82) is 0 Å². The van der Waals surface area contributed by atoms with Crippen molar-refractivity contribution < 1.29 is 14.3 Å². The Morgan fingerprint density at radius 1 is 1.12 bits per heavy atom. The largest absolute Gasteiger partial charge is 0.477 e. The predicted octanol–water partition coefficient (Wildman–Crippen LogP) is 5.84. The summed E-state index contributed by atoms with van der Waals surface area (Å²) in [5.41, 5.74) is -0.319. The Labute approximate surface area is 203 Å². The maximum atomic E-state index is 15.5.